The molecular weight excluding hydrogens is 324 g/mol. The van der Waals surface area contributed by atoms with Gasteiger partial charge in [-0.3, -0.25) is 14.9 Å². The number of amides is 1. The largest absolute Gasteiger partial charge is 0.390 e. The molecule has 0 unspecified atom stereocenters. The molecule has 1 aromatic carbocycles. The van der Waals surface area contributed by atoms with Gasteiger partial charge in [-0.15, -0.1) is 0 Å². The summed E-state index contributed by atoms with van der Waals surface area (Å²) in [4.78, 5) is 22.2. The van der Waals surface area contributed by atoms with Crippen LogP contribution in [0.5, 0.6) is 0 Å². The van der Waals surface area contributed by atoms with E-state index in [-0.39, 0.29) is 16.9 Å². The van der Waals surface area contributed by atoms with Gasteiger partial charge in [-0.05, 0) is 18.9 Å². The second-order valence-electron chi connectivity index (χ2n) is 5.20. The molecular formula is C17H22N4O4. The summed E-state index contributed by atoms with van der Waals surface area (Å²) in [6.07, 6.45) is 4.21. The number of nitrogens with one attached hydrogen (secondary N) is 2. The average molecular weight is 346 g/mol. The van der Waals surface area contributed by atoms with Crippen LogP contribution in [0.4, 0.5) is 11.4 Å². The lowest BCUT2D eigenvalue weighted by Crippen LogP contribution is -2.18. The fourth-order valence-electron chi connectivity index (χ4n) is 1.84. The van der Waals surface area contributed by atoms with Crippen LogP contribution in [0, 0.1) is 21.4 Å². The predicted octanol–water partition coefficient (Wildman–Crippen LogP) is 2.74. The fourth-order valence-corrected chi connectivity index (χ4v) is 1.84. The Morgan fingerprint density at radius 3 is 2.84 bits per heavy atom. The van der Waals surface area contributed by atoms with E-state index in [0.29, 0.717) is 13.2 Å². The zero-order chi connectivity index (χ0) is 18.5. The number of ether oxygens (including phenoxy) is 1. The Bertz CT molecular complexity index is 652. The Morgan fingerprint density at radius 1 is 1.40 bits per heavy atom. The molecule has 0 saturated carbocycles. The van der Waals surface area contributed by atoms with E-state index in [1.807, 2.05) is 0 Å². The van der Waals surface area contributed by atoms with E-state index in [1.54, 1.807) is 6.07 Å². The minimum atomic E-state index is -0.630. The molecule has 0 aromatic heterocycles. The van der Waals surface area contributed by atoms with Crippen LogP contribution in [0.25, 0.3) is 0 Å². The first kappa shape index (κ1) is 20.1. The number of hydrogen-bond acceptors (Lipinski definition) is 6. The molecule has 134 valence electrons. The molecule has 0 heterocycles. The zero-order valence-corrected chi connectivity index (χ0v) is 14.2. The molecule has 1 rings (SSSR count). The van der Waals surface area contributed by atoms with Crippen LogP contribution in [-0.4, -0.2) is 30.6 Å². The molecule has 0 aliphatic carbocycles. The van der Waals surface area contributed by atoms with Crippen molar-refractivity contribution in [2.75, 3.05) is 25.1 Å². The first-order valence-corrected chi connectivity index (χ1v) is 8.05. The number of benzene rings is 1. The minimum Gasteiger partial charge on any atom is -0.390 e. The van der Waals surface area contributed by atoms with Crippen LogP contribution in [0.15, 0.2) is 36.0 Å². The number of nitro benzene ring substituents is 1. The van der Waals surface area contributed by atoms with E-state index in [2.05, 4.69) is 17.6 Å². The molecule has 0 bridgehead atoms. The van der Waals surface area contributed by atoms with E-state index in [0.717, 1.165) is 25.9 Å². The summed E-state index contributed by atoms with van der Waals surface area (Å²) in [5.74, 6) is -0.630. The average Bonchev–Trinajstić information content (AvgIpc) is 2.60. The quantitative estimate of drug-likeness (QED) is 0.209. The highest BCUT2D eigenvalue weighted by molar-refractivity contribution is 6.06. The Labute approximate surface area is 146 Å². The van der Waals surface area contributed by atoms with Gasteiger partial charge in [0.2, 0.25) is 0 Å². The summed E-state index contributed by atoms with van der Waals surface area (Å²) in [5.41, 5.74) is 0.00423. The van der Waals surface area contributed by atoms with Gasteiger partial charge in [-0.25, -0.2) is 0 Å². The third-order valence-corrected chi connectivity index (χ3v) is 3.18. The summed E-state index contributed by atoms with van der Waals surface area (Å²) in [6.45, 7) is 4.02. The van der Waals surface area contributed by atoms with E-state index in [4.69, 9.17) is 10.00 Å². The van der Waals surface area contributed by atoms with Crippen LogP contribution in [-0.2, 0) is 9.53 Å². The molecule has 0 radical (unpaired) electrons. The third-order valence-electron chi connectivity index (χ3n) is 3.18. The third kappa shape index (κ3) is 7.94. The number of unbranched alkanes of at least 4 members (excludes halogenated alkanes) is 1. The normalized spacial score (nSPS) is 10.8. The topological polar surface area (TPSA) is 117 Å². The number of nitrogens with zero attached hydrogens (tertiary/aromatic N) is 2. The number of rotatable bonds is 11. The van der Waals surface area contributed by atoms with Gasteiger partial charge in [0.15, 0.2) is 0 Å². The first-order valence-electron chi connectivity index (χ1n) is 8.05. The number of carbonyl (C=O) groups excluding carboxylic acids is 1. The van der Waals surface area contributed by atoms with Crippen molar-refractivity contribution in [2.24, 2.45) is 0 Å². The van der Waals surface area contributed by atoms with Crippen LogP contribution in [0.2, 0.25) is 0 Å². The fraction of sp³-hybridized carbons (Fsp3) is 0.412. The standard InChI is InChI=1S/C17H22N4O4/c1-2-3-9-25-10-5-8-19-13-14(12-18)17(22)20-15-6-4-7-16(11-15)21(23)24/h4,6-7,11,13,19H,2-3,5,8-10H2,1H3,(H,20,22)/b14-13-. The number of hydrogen-bond donors (Lipinski definition) is 2. The first-order chi connectivity index (χ1) is 12.1. The van der Waals surface area contributed by atoms with Crippen LogP contribution >= 0.6 is 0 Å². The van der Waals surface area contributed by atoms with Gasteiger partial charge in [-0.1, -0.05) is 19.4 Å². The Hall–Kier alpha value is -2.92. The van der Waals surface area contributed by atoms with E-state index >= 15 is 0 Å². The maximum absolute atomic E-state index is 12.0. The molecule has 25 heavy (non-hydrogen) atoms. The maximum Gasteiger partial charge on any atom is 0.271 e. The molecule has 0 saturated heterocycles. The molecule has 0 fully saturated rings. The van der Waals surface area contributed by atoms with Gasteiger partial charge in [0.25, 0.3) is 11.6 Å². The van der Waals surface area contributed by atoms with Crippen LogP contribution < -0.4 is 10.6 Å². The molecule has 0 spiro atoms. The molecule has 0 atom stereocenters. The van der Waals surface area contributed by atoms with Gasteiger partial charge < -0.3 is 15.4 Å². The highest BCUT2D eigenvalue weighted by atomic mass is 16.6. The monoisotopic (exact) mass is 346 g/mol. The lowest BCUT2D eigenvalue weighted by atomic mass is 10.2. The number of carbonyl (C=O) groups is 1. The van der Waals surface area contributed by atoms with Gasteiger partial charge in [0.05, 0.1) is 4.92 Å². The molecule has 1 aromatic rings. The van der Waals surface area contributed by atoms with Crippen molar-refractivity contribution in [1.82, 2.24) is 5.32 Å². The van der Waals surface area contributed by atoms with Crippen LogP contribution in [0.1, 0.15) is 26.2 Å². The molecule has 0 aliphatic heterocycles. The highest BCUT2D eigenvalue weighted by Gasteiger charge is 2.11. The Morgan fingerprint density at radius 2 is 2.16 bits per heavy atom. The van der Waals surface area contributed by atoms with Crippen LogP contribution in [0.3, 0.4) is 0 Å². The maximum atomic E-state index is 12.0. The van der Waals surface area contributed by atoms with Gasteiger partial charge in [0.1, 0.15) is 11.6 Å². The summed E-state index contributed by atoms with van der Waals surface area (Å²) in [6, 6.07) is 7.32. The Kier molecular flexibility index (Phi) is 9.33. The summed E-state index contributed by atoms with van der Waals surface area (Å²) in [5, 5.41) is 25.1. The number of nitriles is 1. The van der Waals surface area contributed by atoms with E-state index in [1.165, 1.54) is 30.5 Å². The highest BCUT2D eigenvalue weighted by Crippen LogP contribution is 2.17. The van der Waals surface area contributed by atoms with Gasteiger partial charge in [0, 0.05) is 43.8 Å². The van der Waals surface area contributed by atoms with Gasteiger partial charge in [-0.2, -0.15) is 5.26 Å². The van der Waals surface area contributed by atoms with Crippen molar-refractivity contribution in [3.63, 3.8) is 0 Å². The molecule has 1 amide bonds. The van der Waals surface area contributed by atoms with Crippen molar-refractivity contribution in [3.05, 3.63) is 46.2 Å². The molecule has 0 aliphatic rings. The van der Waals surface area contributed by atoms with Crippen molar-refractivity contribution in [3.8, 4) is 6.07 Å². The summed E-state index contributed by atoms with van der Waals surface area (Å²) < 4.78 is 5.40. The van der Waals surface area contributed by atoms with Crippen molar-refractivity contribution in [1.29, 1.82) is 5.26 Å². The number of non-ortho nitro benzene ring substituents is 1. The lowest BCUT2D eigenvalue weighted by molar-refractivity contribution is -0.384. The van der Waals surface area contributed by atoms with Crippen molar-refractivity contribution in [2.45, 2.75) is 26.2 Å². The van der Waals surface area contributed by atoms with E-state index in [9.17, 15) is 14.9 Å². The second-order valence-corrected chi connectivity index (χ2v) is 5.20. The van der Waals surface area contributed by atoms with Crippen molar-refractivity contribution >= 4 is 17.3 Å². The number of anilines is 1. The van der Waals surface area contributed by atoms with Crippen molar-refractivity contribution < 1.29 is 14.5 Å². The molecule has 8 nitrogen and oxygen atoms in total. The SMILES string of the molecule is CCCCOCCCN/C=C(/C#N)C(=O)Nc1cccc([N+](=O)[O-])c1. The minimum absolute atomic E-state index is 0.113. The second kappa shape index (κ2) is 11.6. The predicted molar refractivity (Wildman–Crippen MR) is 93.8 cm³/mol. The number of nitro groups is 1. The smallest absolute Gasteiger partial charge is 0.271 e. The Balaban J connectivity index is 2.45. The molecule has 2 N–H and O–H groups in total. The van der Waals surface area contributed by atoms with E-state index < -0.39 is 10.8 Å². The summed E-state index contributed by atoms with van der Waals surface area (Å²) in [7, 11) is 0. The summed E-state index contributed by atoms with van der Waals surface area (Å²) >= 11 is 0. The zero-order valence-electron chi connectivity index (χ0n) is 14.2. The molecule has 8 heteroatoms. The lowest BCUT2D eigenvalue weighted by Gasteiger charge is -2.06. The van der Waals surface area contributed by atoms with Gasteiger partial charge >= 0.3 is 0 Å².